The van der Waals surface area contributed by atoms with Gasteiger partial charge in [0.05, 0.1) is 19.6 Å². The number of urea groups is 1. The average Bonchev–Trinajstić information content (AvgIpc) is 3.29. The molecule has 6 nitrogen and oxygen atoms in total. The van der Waals surface area contributed by atoms with Gasteiger partial charge in [-0.05, 0) is 35.7 Å². The molecule has 0 saturated carbocycles. The normalized spacial score (nSPS) is 13.0. The van der Waals surface area contributed by atoms with E-state index in [1.165, 1.54) is 0 Å². The number of hydrogen-bond donors (Lipinski definition) is 2. The maximum Gasteiger partial charge on any atom is 0.414 e. The Hall–Kier alpha value is -2.98. The number of ether oxygens (including phenoxy) is 1. The highest BCUT2D eigenvalue weighted by Gasteiger charge is 2.23. The Balaban J connectivity index is 1.43. The van der Waals surface area contributed by atoms with Crippen LogP contribution in [0.4, 0.5) is 15.3 Å². The van der Waals surface area contributed by atoms with Crippen LogP contribution in [-0.2, 0) is 11.3 Å². The molecule has 2 N–H and O–H groups in total. The Labute approximate surface area is 149 Å². The number of amides is 3. The summed E-state index contributed by atoms with van der Waals surface area (Å²) in [5, 5.41) is 7.43. The Kier molecular flexibility index (Phi) is 5.54. The monoisotopic (exact) mass is 355 g/mol. The SMILES string of the molecule is O=C(NCC#Cc1ccc(N2CCOC2=O)cc1)NCc1cccs1. The molecule has 1 aliphatic rings. The minimum absolute atomic E-state index is 0.245. The zero-order valence-electron chi connectivity index (χ0n) is 13.5. The van der Waals surface area contributed by atoms with Crippen LogP contribution in [-0.4, -0.2) is 31.8 Å². The van der Waals surface area contributed by atoms with Gasteiger partial charge in [0.25, 0.3) is 0 Å². The summed E-state index contributed by atoms with van der Waals surface area (Å²) in [7, 11) is 0. The van der Waals surface area contributed by atoms with E-state index in [1.807, 2.05) is 41.8 Å². The van der Waals surface area contributed by atoms with E-state index in [0.717, 1.165) is 16.1 Å². The highest BCUT2D eigenvalue weighted by Crippen LogP contribution is 2.18. The number of carbonyl (C=O) groups is 2. The molecule has 0 radical (unpaired) electrons. The van der Waals surface area contributed by atoms with Crippen LogP contribution in [0.15, 0.2) is 41.8 Å². The first-order valence-corrected chi connectivity index (χ1v) is 8.67. The average molecular weight is 355 g/mol. The summed E-state index contributed by atoms with van der Waals surface area (Å²) in [5.41, 5.74) is 1.61. The number of hydrogen-bond acceptors (Lipinski definition) is 4. The molecular formula is C18H17N3O3S. The highest BCUT2D eigenvalue weighted by molar-refractivity contribution is 7.09. The predicted molar refractivity (Wildman–Crippen MR) is 96.6 cm³/mol. The second kappa shape index (κ2) is 8.22. The summed E-state index contributed by atoms with van der Waals surface area (Å²) in [6.45, 7) is 1.75. The van der Waals surface area contributed by atoms with E-state index in [2.05, 4.69) is 22.5 Å². The number of rotatable bonds is 4. The first-order chi connectivity index (χ1) is 12.2. The van der Waals surface area contributed by atoms with Crippen LogP contribution < -0.4 is 15.5 Å². The standard InChI is InChI=1S/C18H17N3O3S/c22-17(20-13-16-4-2-12-25-16)19-9-1-3-14-5-7-15(8-6-14)21-10-11-24-18(21)23/h2,4-8,12H,9-11,13H2,(H2,19,20,22). The molecular weight excluding hydrogens is 338 g/mol. The molecule has 0 atom stereocenters. The van der Waals surface area contributed by atoms with Crippen molar-refractivity contribution in [3.8, 4) is 11.8 Å². The van der Waals surface area contributed by atoms with Gasteiger partial charge < -0.3 is 15.4 Å². The van der Waals surface area contributed by atoms with Crippen molar-refractivity contribution in [2.24, 2.45) is 0 Å². The van der Waals surface area contributed by atoms with Gasteiger partial charge >= 0.3 is 12.1 Å². The third-order valence-electron chi connectivity index (χ3n) is 3.51. The Bertz CT molecular complexity index is 791. The zero-order chi connectivity index (χ0) is 17.5. The van der Waals surface area contributed by atoms with Gasteiger partial charge in [-0.15, -0.1) is 11.3 Å². The number of thiophene rings is 1. The van der Waals surface area contributed by atoms with Gasteiger partial charge in [-0.3, -0.25) is 4.90 Å². The maximum absolute atomic E-state index is 11.6. The summed E-state index contributed by atoms with van der Waals surface area (Å²) in [4.78, 5) is 25.8. The van der Waals surface area contributed by atoms with Crippen LogP contribution in [0.1, 0.15) is 10.4 Å². The van der Waals surface area contributed by atoms with Gasteiger partial charge in [0.2, 0.25) is 0 Å². The fourth-order valence-corrected chi connectivity index (χ4v) is 2.91. The lowest BCUT2D eigenvalue weighted by Crippen LogP contribution is -2.34. The van der Waals surface area contributed by atoms with Crippen LogP contribution in [0.25, 0.3) is 0 Å². The van der Waals surface area contributed by atoms with E-state index in [0.29, 0.717) is 19.7 Å². The molecule has 0 unspecified atom stereocenters. The van der Waals surface area contributed by atoms with Crippen molar-refractivity contribution in [2.45, 2.75) is 6.54 Å². The van der Waals surface area contributed by atoms with Crippen molar-refractivity contribution in [1.82, 2.24) is 10.6 Å². The van der Waals surface area contributed by atoms with Crippen molar-refractivity contribution in [2.75, 3.05) is 24.6 Å². The quantitative estimate of drug-likeness (QED) is 0.828. The van der Waals surface area contributed by atoms with E-state index >= 15 is 0 Å². The molecule has 3 rings (SSSR count). The van der Waals surface area contributed by atoms with Crippen LogP contribution in [0.2, 0.25) is 0 Å². The fraction of sp³-hybridized carbons (Fsp3) is 0.222. The van der Waals surface area contributed by atoms with Gasteiger partial charge in [0, 0.05) is 16.1 Å². The van der Waals surface area contributed by atoms with Crippen molar-refractivity contribution in [3.05, 3.63) is 52.2 Å². The molecule has 0 bridgehead atoms. The number of benzene rings is 1. The van der Waals surface area contributed by atoms with Crippen molar-refractivity contribution in [3.63, 3.8) is 0 Å². The number of anilines is 1. The smallest absolute Gasteiger partial charge is 0.414 e. The lowest BCUT2D eigenvalue weighted by atomic mass is 10.2. The van der Waals surface area contributed by atoms with E-state index in [4.69, 9.17) is 4.74 Å². The van der Waals surface area contributed by atoms with Crippen LogP contribution in [0, 0.1) is 11.8 Å². The molecule has 0 spiro atoms. The zero-order valence-corrected chi connectivity index (χ0v) is 14.3. The molecule has 3 amide bonds. The molecule has 0 aliphatic carbocycles. The predicted octanol–water partition coefficient (Wildman–Crippen LogP) is 2.56. The van der Waals surface area contributed by atoms with Gasteiger partial charge in [-0.2, -0.15) is 0 Å². The molecule has 2 aromatic rings. The summed E-state index contributed by atoms with van der Waals surface area (Å²) < 4.78 is 4.91. The number of cyclic esters (lactones) is 1. The van der Waals surface area contributed by atoms with Crippen LogP contribution >= 0.6 is 11.3 Å². The summed E-state index contributed by atoms with van der Waals surface area (Å²) in [6.07, 6.45) is -0.323. The molecule has 7 heteroatoms. The maximum atomic E-state index is 11.6. The Morgan fingerprint density at radius 3 is 2.76 bits per heavy atom. The topological polar surface area (TPSA) is 70.7 Å². The van der Waals surface area contributed by atoms with Crippen LogP contribution in [0.5, 0.6) is 0 Å². The molecule has 1 aliphatic heterocycles. The lowest BCUT2D eigenvalue weighted by molar-refractivity contribution is 0.181. The van der Waals surface area contributed by atoms with Gasteiger partial charge in [0.15, 0.2) is 0 Å². The van der Waals surface area contributed by atoms with Crippen molar-refractivity contribution < 1.29 is 14.3 Å². The van der Waals surface area contributed by atoms with Crippen LogP contribution in [0.3, 0.4) is 0 Å². The Morgan fingerprint density at radius 2 is 2.08 bits per heavy atom. The highest BCUT2D eigenvalue weighted by atomic mass is 32.1. The van der Waals surface area contributed by atoms with E-state index in [1.54, 1.807) is 16.2 Å². The molecule has 128 valence electrons. The van der Waals surface area contributed by atoms with Crippen molar-refractivity contribution in [1.29, 1.82) is 0 Å². The summed E-state index contributed by atoms with van der Waals surface area (Å²) in [6, 6.07) is 11.0. The first kappa shape index (κ1) is 16.9. The third kappa shape index (κ3) is 4.75. The minimum atomic E-state index is -0.323. The van der Waals surface area contributed by atoms with Crippen molar-refractivity contribution >= 4 is 29.1 Å². The molecule has 2 heterocycles. The second-order valence-electron chi connectivity index (χ2n) is 5.23. The largest absolute Gasteiger partial charge is 0.447 e. The number of nitrogens with one attached hydrogen (secondary N) is 2. The van der Waals surface area contributed by atoms with Gasteiger partial charge in [-0.25, -0.2) is 9.59 Å². The molecule has 1 fully saturated rings. The van der Waals surface area contributed by atoms with E-state index in [9.17, 15) is 9.59 Å². The summed E-state index contributed by atoms with van der Waals surface area (Å²) in [5.74, 6) is 5.87. The molecule has 1 aromatic carbocycles. The number of nitrogens with zero attached hydrogens (tertiary/aromatic N) is 1. The fourth-order valence-electron chi connectivity index (χ4n) is 2.27. The van der Waals surface area contributed by atoms with E-state index < -0.39 is 0 Å². The van der Waals surface area contributed by atoms with Gasteiger partial charge in [0.1, 0.15) is 6.61 Å². The lowest BCUT2D eigenvalue weighted by Gasteiger charge is -2.11. The minimum Gasteiger partial charge on any atom is -0.447 e. The van der Waals surface area contributed by atoms with E-state index in [-0.39, 0.29) is 18.7 Å². The number of carbonyl (C=O) groups excluding carboxylic acids is 2. The first-order valence-electron chi connectivity index (χ1n) is 7.80. The Morgan fingerprint density at radius 1 is 1.24 bits per heavy atom. The van der Waals surface area contributed by atoms with Gasteiger partial charge in [-0.1, -0.05) is 17.9 Å². The third-order valence-corrected chi connectivity index (χ3v) is 4.39. The molecule has 25 heavy (non-hydrogen) atoms. The second-order valence-corrected chi connectivity index (χ2v) is 6.26. The summed E-state index contributed by atoms with van der Waals surface area (Å²) >= 11 is 1.60. The molecule has 1 saturated heterocycles. The molecule has 1 aromatic heterocycles.